The van der Waals surface area contributed by atoms with Gasteiger partial charge in [0.2, 0.25) is 5.91 Å². The van der Waals surface area contributed by atoms with E-state index >= 15 is 0 Å². The number of rotatable bonds is 7. The Bertz CT molecular complexity index is 610. The van der Waals surface area contributed by atoms with Crippen LogP contribution in [-0.4, -0.2) is 30.6 Å². The summed E-state index contributed by atoms with van der Waals surface area (Å²) in [6.45, 7) is 2.39. The molecule has 2 aromatic rings. The molecule has 1 heterocycles. The second kappa shape index (κ2) is 7.96. The van der Waals surface area contributed by atoms with Gasteiger partial charge in [-0.1, -0.05) is 11.6 Å². The minimum atomic E-state index is -0.0456. The molecule has 0 aliphatic heterocycles. The Labute approximate surface area is 134 Å². The topological polar surface area (TPSA) is 64.4 Å². The van der Waals surface area contributed by atoms with Crippen molar-refractivity contribution in [1.82, 2.24) is 10.3 Å². The number of nitrogens with one attached hydrogen (secondary N) is 1. The quantitative estimate of drug-likeness (QED) is 0.850. The summed E-state index contributed by atoms with van der Waals surface area (Å²) in [4.78, 5) is 16.0. The maximum Gasteiger partial charge on any atom is 0.220 e. The molecule has 0 bridgehead atoms. The van der Waals surface area contributed by atoms with Crippen molar-refractivity contribution < 1.29 is 13.9 Å². The van der Waals surface area contributed by atoms with E-state index in [9.17, 15) is 4.79 Å². The van der Waals surface area contributed by atoms with E-state index in [4.69, 9.17) is 20.8 Å². The Kier molecular flexibility index (Phi) is 5.98. The number of ether oxygens (including phenoxy) is 1. The van der Waals surface area contributed by atoms with Gasteiger partial charge in [0, 0.05) is 36.6 Å². The van der Waals surface area contributed by atoms with E-state index in [-0.39, 0.29) is 11.9 Å². The standard InChI is InChI=1S/C16H19ClN2O3/c1-11(10-21-2)19-15(20)7-8-16-18-9-14(22-16)12-3-5-13(17)6-4-12/h3-6,9,11H,7-8,10H2,1-2H3,(H,19,20). The number of aromatic nitrogens is 1. The van der Waals surface area contributed by atoms with Gasteiger partial charge >= 0.3 is 0 Å². The van der Waals surface area contributed by atoms with E-state index in [0.717, 1.165) is 5.56 Å². The summed E-state index contributed by atoms with van der Waals surface area (Å²) in [7, 11) is 1.60. The van der Waals surface area contributed by atoms with Crippen molar-refractivity contribution in [2.75, 3.05) is 13.7 Å². The van der Waals surface area contributed by atoms with Crippen molar-refractivity contribution in [3.63, 3.8) is 0 Å². The fraction of sp³-hybridized carbons (Fsp3) is 0.375. The minimum absolute atomic E-state index is 0.00770. The molecule has 1 amide bonds. The third-order valence-corrected chi connectivity index (χ3v) is 3.32. The van der Waals surface area contributed by atoms with E-state index in [2.05, 4.69) is 10.3 Å². The highest BCUT2D eigenvalue weighted by Gasteiger charge is 2.11. The largest absolute Gasteiger partial charge is 0.441 e. The van der Waals surface area contributed by atoms with Gasteiger partial charge in [-0.2, -0.15) is 0 Å². The van der Waals surface area contributed by atoms with Gasteiger partial charge in [0.25, 0.3) is 0 Å². The van der Waals surface area contributed by atoms with Gasteiger partial charge in [-0.25, -0.2) is 4.98 Å². The number of oxazole rings is 1. The molecule has 22 heavy (non-hydrogen) atoms. The summed E-state index contributed by atoms with van der Waals surface area (Å²) < 4.78 is 10.6. The predicted octanol–water partition coefficient (Wildman–Crippen LogP) is 3.08. The number of nitrogens with zero attached hydrogens (tertiary/aromatic N) is 1. The summed E-state index contributed by atoms with van der Waals surface area (Å²) in [6, 6.07) is 7.32. The molecular weight excluding hydrogens is 304 g/mol. The Hall–Kier alpha value is -1.85. The van der Waals surface area contributed by atoms with Crippen LogP contribution in [0, 0.1) is 0 Å². The molecule has 118 valence electrons. The molecule has 2 rings (SSSR count). The van der Waals surface area contributed by atoms with Gasteiger partial charge in [0.1, 0.15) is 0 Å². The van der Waals surface area contributed by atoms with E-state index < -0.39 is 0 Å². The number of methoxy groups -OCH3 is 1. The van der Waals surface area contributed by atoms with E-state index in [0.29, 0.717) is 36.1 Å². The number of benzene rings is 1. The molecule has 1 unspecified atom stereocenters. The molecule has 0 fully saturated rings. The number of aryl methyl sites for hydroxylation is 1. The van der Waals surface area contributed by atoms with E-state index in [1.807, 2.05) is 19.1 Å². The molecule has 0 spiro atoms. The van der Waals surface area contributed by atoms with Crippen LogP contribution in [-0.2, 0) is 16.0 Å². The maximum absolute atomic E-state index is 11.8. The van der Waals surface area contributed by atoms with Gasteiger partial charge in [-0.15, -0.1) is 0 Å². The number of hydrogen-bond acceptors (Lipinski definition) is 4. The molecule has 0 aliphatic rings. The van der Waals surface area contributed by atoms with Gasteiger partial charge in [0.15, 0.2) is 11.7 Å². The van der Waals surface area contributed by atoms with Crippen LogP contribution in [0.4, 0.5) is 0 Å². The van der Waals surface area contributed by atoms with Crippen LogP contribution in [0.25, 0.3) is 11.3 Å². The normalized spacial score (nSPS) is 12.1. The monoisotopic (exact) mass is 322 g/mol. The molecule has 0 radical (unpaired) electrons. The van der Waals surface area contributed by atoms with Gasteiger partial charge < -0.3 is 14.5 Å². The first-order valence-corrected chi connectivity index (χ1v) is 7.45. The first-order chi connectivity index (χ1) is 10.6. The second-order valence-electron chi connectivity index (χ2n) is 5.05. The van der Waals surface area contributed by atoms with Crippen LogP contribution >= 0.6 is 11.6 Å². The van der Waals surface area contributed by atoms with E-state index in [1.54, 1.807) is 25.4 Å². The molecule has 5 nitrogen and oxygen atoms in total. The van der Waals surface area contributed by atoms with Gasteiger partial charge in [0.05, 0.1) is 12.8 Å². The Balaban J connectivity index is 1.87. The third kappa shape index (κ3) is 4.86. The van der Waals surface area contributed by atoms with Gasteiger partial charge in [-0.3, -0.25) is 4.79 Å². The van der Waals surface area contributed by atoms with Crippen molar-refractivity contribution in [3.8, 4) is 11.3 Å². The highest BCUT2D eigenvalue weighted by Crippen LogP contribution is 2.22. The lowest BCUT2D eigenvalue weighted by molar-refractivity contribution is -0.122. The van der Waals surface area contributed by atoms with Crippen molar-refractivity contribution in [2.45, 2.75) is 25.8 Å². The SMILES string of the molecule is COCC(C)NC(=O)CCc1ncc(-c2ccc(Cl)cc2)o1. The number of carbonyl (C=O) groups is 1. The average molecular weight is 323 g/mol. The van der Waals surface area contributed by atoms with Crippen LogP contribution in [0.1, 0.15) is 19.2 Å². The number of halogens is 1. The molecule has 1 atom stereocenters. The second-order valence-corrected chi connectivity index (χ2v) is 5.49. The average Bonchev–Trinajstić information content (AvgIpc) is 2.95. The Morgan fingerprint density at radius 2 is 2.14 bits per heavy atom. The third-order valence-electron chi connectivity index (χ3n) is 3.07. The van der Waals surface area contributed by atoms with Crippen molar-refractivity contribution in [1.29, 1.82) is 0 Å². The summed E-state index contributed by atoms with van der Waals surface area (Å²) in [6.07, 6.45) is 2.44. The molecule has 0 saturated heterocycles. The molecule has 6 heteroatoms. The highest BCUT2D eigenvalue weighted by molar-refractivity contribution is 6.30. The lowest BCUT2D eigenvalue weighted by atomic mass is 10.2. The predicted molar refractivity (Wildman–Crippen MR) is 84.8 cm³/mol. The first kappa shape index (κ1) is 16.5. The Morgan fingerprint density at radius 3 is 2.82 bits per heavy atom. The summed E-state index contributed by atoms with van der Waals surface area (Å²) in [5.74, 6) is 1.16. The zero-order chi connectivity index (χ0) is 15.9. The molecule has 1 N–H and O–H groups in total. The number of hydrogen-bond donors (Lipinski definition) is 1. The van der Waals surface area contributed by atoms with Crippen molar-refractivity contribution in [3.05, 3.63) is 41.4 Å². The fourth-order valence-corrected chi connectivity index (χ4v) is 2.16. The van der Waals surface area contributed by atoms with Crippen LogP contribution in [0.3, 0.4) is 0 Å². The molecule has 0 saturated carbocycles. The molecule has 1 aromatic heterocycles. The Morgan fingerprint density at radius 1 is 1.41 bits per heavy atom. The molecule has 0 aliphatic carbocycles. The summed E-state index contributed by atoms with van der Waals surface area (Å²) in [5, 5.41) is 3.52. The number of amides is 1. The van der Waals surface area contributed by atoms with Crippen molar-refractivity contribution in [2.24, 2.45) is 0 Å². The highest BCUT2D eigenvalue weighted by atomic mass is 35.5. The zero-order valence-electron chi connectivity index (χ0n) is 12.6. The summed E-state index contributed by atoms with van der Waals surface area (Å²) >= 11 is 5.85. The first-order valence-electron chi connectivity index (χ1n) is 7.07. The number of carbonyl (C=O) groups excluding carboxylic acids is 1. The molecule has 1 aromatic carbocycles. The van der Waals surface area contributed by atoms with Crippen molar-refractivity contribution >= 4 is 17.5 Å². The summed E-state index contributed by atoms with van der Waals surface area (Å²) in [5.41, 5.74) is 0.904. The van der Waals surface area contributed by atoms with Crippen LogP contribution < -0.4 is 5.32 Å². The van der Waals surface area contributed by atoms with Crippen LogP contribution in [0.15, 0.2) is 34.9 Å². The van der Waals surface area contributed by atoms with Gasteiger partial charge in [-0.05, 0) is 31.2 Å². The van der Waals surface area contributed by atoms with Crippen LogP contribution in [0.2, 0.25) is 5.02 Å². The fourth-order valence-electron chi connectivity index (χ4n) is 2.03. The maximum atomic E-state index is 11.8. The van der Waals surface area contributed by atoms with E-state index in [1.165, 1.54) is 0 Å². The van der Waals surface area contributed by atoms with Crippen LogP contribution in [0.5, 0.6) is 0 Å². The minimum Gasteiger partial charge on any atom is -0.441 e. The smallest absolute Gasteiger partial charge is 0.220 e. The lowest BCUT2D eigenvalue weighted by Crippen LogP contribution is -2.35. The zero-order valence-corrected chi connectivity index (χ0v) is 13.4. The molecular formula is C16H19ClN2O3. The lowest BCUT2D eigenvalue weighted by Gasteiger charge is -2.11.